The Morgan fingerprint density at radius 1 is 1.00 bits per heavy atom. The molecule has 2 aromatic rings. The van der Waals surface area contributed by atoms with E-state index in [0.717, 1.165) is 11.1 Å². The molecule has 3 rings (SSSR count). The molecule has 2 atom stereocenters. The lowest BCUT2D eigenvalue weighted by atomic mass is 9.85. The van der Waals surface area contributed by atoms with Gasteiger partial charge >= 0.3 is 5.97 Å². The van der Waals surface area contributed by atoms with Gasteiger partial charge in [-0.15, -0.1) is 0 Å². The van der Waals surface area contributed by atoms with E-state index in [-0.39, 0.29) is 29.3 Å². The highest BCUT2D eigenvalue weighted by Crippen LogP contribution is 2.34. The Morgan fingerprint density at radius 3 is 1.90 bits per heavy atom. The fraction of sp³-hybridized carbons (Fsp3) is 0.381. The number of hydrogen-bond donors (Lipinski definition) is 2. The van der Waals surface area contributed by atoms with Gasteiger partial charge in [-0.1, -0.05) is 12.1 Å². The van der Waals surface area contributed by atoms with Crippen molar-refractivity contribution in [3.05, 3.63) is 47.5 Å². The second-order valence-electron chi connectivity index (χ2n) is 7.12. The van der Waals surface area contributed by atoms with E-state index >= 15 is 0 Å². The monoisotopic (exact) mass is 453 g/mol. The summed E-state index contributed by atoms with van der Waals surface area (Å²) in [5.41, 5.74) is 1.87. The number of cyclic esters (lactones) is 1. The molecule has 1 heterocycles. The molecule has 1 aliphatic rings. The van der Waals surface area contributed by atoms with E-state index in [1.54, 1.807) is 30.3 Å². The fourth-order valence-corrected chi connectivity index (χ4v) is 3.31. The highest BCUT2D eigenvalue weighted by molar-refractivity contribution is 7.84. The van der Waals surface area contributed by atoms with Gasteiger partial charge in [-0.05, 0) is 48.2 Å². The first-order valence-corrected chi connectivity index (χ1v) is 11.1. The highest BCUT2D eigenvalue weighted by Gasteiger charge is 2.37. The van der Waals surface area contributed by atoms with Gasteiger partial charge in [0.15, 0.2) is 23.0 Å². The summed E-state index contributed by atoms with van der Waals surface area (Å²) >= 11 is 0. The summed E-state index contributed by atoms with van der Waals surface area (Å²) < 4.78 is 42.8. The first-order chi connectivity index (χ1) is 14.5. The molecule has 0 spiro atoms. The molecule has 0 amide bonds. The van der Waals surface area contributed by atoms with Gasteiger partial charge in [-0.3, -0.25) is 4.79 Å². The van der Waals surface area contributed by atoms with Crippen molar-refractivity contribution in [2.75, 3.05) is 27.1 Å². The normalized spacial score (nSPS) is 18.0. The third-order valence-electron chi connectivity index (χ3n) is 4.75. The fourth-order valence-electron chi connectivity index (χ4n) is 3.31. The van der Waals surface area contributed by atoms with Gasteiger partial charge < -0.3 is 29.0 Å². The Morgan fingerprint density at radius 2 is 1.45 bits per heavy atom. The van der Waals surface area contributed by atoms with E-state index in [2.05, 4.69) is 0 Å². The molecule has 2 N–H and O–H groups in total. The Bertz CT molecular complexity index is 1010. The predicted molar refractivity (Wildman–Crippen MR) is 110 cm³/mol. The molecule has 0 aromatic heterocycles. The van der Waals surface area contributed by atoms with E-state index in [1.807, 2.05) is 6.07 Å². The van der Waals surface area contributed by atoms with Crippen molar-refractivity contribution in [1.82, 2.24) is 0 Å². The van der Waals surface area contributed by atoms with Gasteiger partial charge in [0.25, 0.3) is 0 Å². The van der Waals surface area contributed by atoms with E-state index in [9.17, 15) is 15.0 Å². The maximum atomic E-state index is 12.2. The smallest absolute Gasteiger partial charge is 0.309 e. The number of methoxy groups -OCH3 is 2. The number of hydrogen-bond acceptors (Lipinski definition) is 9. The third-order valence-corrected chi connectivity index (χ3v) is 4.75. The van der Waals surface area contributed by atoms with E-state index in [4.69, 9.17) is 27.2 Å². The van der Waals surface area contributed by atoms with Crippen LogP contribution in [0.2, 0.25) is 0 Å². The van der Waals surface area contributed by atoms with Crippen LogP contribution in [0.3, 0.4) is 0 Å². The SMILES string of the molecule is COc1cc(C[C@H]2COC(=O)[C@@H]2Cc2ccc(O)c(OC)c2)ccc1O.CS(=O)(=O)[O-]. The van der Waals surface area contributed by atoms with Gasteiger partial charge in [0.1, 0.15) is 0 Å². The minimum absolute atomic E-state index is 0.0246. The number of aromatic hydroxyl groups is 2. The molecule has 9 nitrogen and oxygen atoms in total. The van der Waals surface area contributed by atoms with Crippen LogP contribution < -0.4 is 9.47 Å². The highest BCUT2D eigenvalue weighted by atomic mass is 32.2. The quantitative estimate of drug-likeness (QED) is 0.495. The Balaban J connectivity index is 0.000000614. The molecule has 31 heavy (non-hydrogen) atoms. The summed E-state index contributed by atoms with van der Waals surface area (Å²) in [5.74, 6) is 0.482. The van der Waals surface area contributed by atoms with Crippen LogP contribution in [0.15, 0.2) is 36.4 Å². The van der Waals surface area contributed by atoms with Gasteiger partial charge in [0, 0.05) is 12.2 Å². The first-order valence-electron chi connectivity index (χ1n) is 9.31. The molecule has 2 aromatic carbocycles. The predicted octanol–water partition coefficient (Wildman–Crippen LogP) is 1.85. The Kier molecular flexibility index (Phi) is 8.12. The number of carbonyl (C=O) groups excluding carboxylic acids is 1. The van der Waals surface area contributed by atoms with Crippen LogP contribution in [-0.4, -0.2) is 56.2 Å². The number of ether oxygens (including phenoxy) is 3. The first kappa shape index (κ1) is 24.3. The standard InChI is InChI=1S/C20H22O6.CH4O3S/c1-24-18-9-12(3-5-16(18)21)7-14-11-26-20(23)15(14)8-13-4-6-17(22)19(10-13)25-2;1-5(2,3)4/h3-6,9-10,14-15,21-22H,7-8,11H2,1-2H3;1H3,(H,2,3,4)/p-1/t14-,15+;/m0./s1. The molecule has 0 bridgehead atoms. The maximum Gasteiger partial charge on any atom is 0.309 e. The Labute approximate surface area is 180 Å². The molecule has 10 heteroatoms. The zero-order chi connectivity index (χ0) is 23.2. The maximum absolute atomic E-state index is 12.2. The number of phenolic OH excluding ortho intramolecular Hbond substituents is 2. The summed E-state index contributed by atoms with van der Waals surface area (Å²) in [4.78, 5) is 12.2. The molecule has 170 valence electrons. The number of benzene rings is 2. The zero-order valence-electron chi connectivity index (χ0n) is 17.4. The largest absolute Gasteiger partial charge is 0.748 e. The van der Waals surface area contributed by atoms with E-state index in [1.165, 1.54) is 14.2 Å². The van der Waals surface area contributed by atoms with E-state index < -0.39 is 10.1 Å². The van der Waals surface area contributed by atoms with Crippen LogP contribution in [0.5, 0.6) is 23.0 Å². The summed E-state index contributed by atoms with van der Waals surface area (Å²) in [5, 5.41) is 19.4. The number of rotatable bonds is 6. The number of carbonyl (C=O) groups is 1. The van der Waals surface area contributed by atoms with Crippen molar-refractivity contribution >= 4 is 16.1 Å². The molecular formula is C21H25O9S-. The van der Waals surface area contributed by atoms with Crippen molar-refractivity contribution in [1.29, 1.82) is 0 Å². The van der Waals surface area contributed by atoms with Crippen molar-refractivity contribution in [3.63, 3.8) is 0 Å². The number of esters is 1. The van der Waals surface area contributed by atoms with Gasteiger partial charge in [0.05, 0.1) is 36.9 Å². The third kappa shape index (κ3) is 7.34. The molecule has 1 fully saturated rings. The molecule has 0 radical (unpaired) electrons. The molecular weight excluding hydrogens is 428 g/mol. The lowest BCUT2D eigenvalue weighted by molar-refractivity contribution is -0.141. The van der Waals surface area contributed by atoms with Gasteiger partial charge in [0.2, 0.25) is 0 Å². The van der Waals surface area contributed by atoms with Gasteiger partial charge in [-0.2, -0.15) is 0 Å². The minimum atomic E-state index is -3.92. The molecule has 0 aliphatic carbocycles. The van der Waals surface area contributed by atoms with Crippen molar-refractivity contribution in [2.45, 2.75) is 12.8 Å². The van der Waals surface area contributed by atoms with Crippen LogP contribution in [0.25, 0.3) is 0 Å². The number of phenols is 2. The van der Waals surface area contributed by atoms with Crippen LogP contribution in [0.4, 0.5) is 0 Å². The lowest BCUT2D eigenvalue weighted by Crippen LogP contribution is -2.20. The van der Waals surface area contributed by atoms with Crippen LogP contribution >= 0.6 is 0 Å². The van der Waals surface area contributed by atoms with Crippen molar-refractivity contribution in [2.24, 2.45) is 11.8 Å². The molecule has 0 saturated carbocycles. The average Bonchev–Trinajstić information content (AvgIpc) is 3.03. The molecule has 1 saturated heterocycles. The molecule has 0 unspecified atom stereocenters. The Hall–Kier alpha value is -2.98. The van der Waals surface area contributed by atoms with E-state index in [0.29, 0.717) is 37.2 Å². The lowest BCUT2D eigenvalue weighted by Gasteiger charge is -2.16. The van der Waals surface area contributed by atoms with Crippen LogP contribution in [0, 0.1) is 11.8 Å². The average molecular weight is 453 g/mol. The van der Waals surface area contributed by atoms with Crippen molar-refractivity contribution < 1.29 is 42.2 Å². The summed E-state index contributed by atoms with van der Waals surface area (Å²) in [6, 6.07) is 10.3. The summed E-state index contributed by atoms with van der Waals surface area (Å²) in [6.07, 6.45) is 1.75. The van der Waals surface area contributed by atoms with Crippen molar-refractivity contribution in [3.8, 4) is 23.0 Å². The summed E-state index contributed by atoms with van der Waals surface area (Å²) in [6.45, 7) is 0.363. The second kappa shape index (κ2) is 10.4. The zero-order valence-corrected chi connectivity index (χ0v) is 18.2. The second-order valence-corrected chi connectivity index (χ2v) is 8.53. The minimum Gasteiger partial charge on any atom is -0.748 e. The summed E-state index contributed by atoms with van der Waals surface area (Å²) in [7, 11) is -0.925. The van der Waals surface area contributed by atoms with Crippen LogP contribution in [-0.2, 0) is 32.5 Å². The topological polar surface area (TPSA) is 142 Å². The molecule has 1 aliphatic heterocycles. The van der Waals surface area contributed by atoms with Crippen LogP contribution in [0.1, 0.15) is 11.1 Å². The van der Waals surface area contributed by atoms with Gasteiger partial charge in [-0.25, -0.2) is 8.42 Å².